The summed E-state index contributed by atoms with van der Waals surface area (Å²) in [5, 5.41) is 0. The second kappa shape index (κ2) is 15.6. The number of aryl methyl sites for hydroxylation is 3. The molecule has 0 bridgehead atoms. The second-order valence-electron chi connectivity index (χ2n) is 12.5. The number of hydrogen-bond acceptors (Lipinski definition) is 1. The molecule has 5 rings (SSSR count). The molecule has 234 valence electrons. The Hall–Kier alpha value is -4.62. The van der Waals surface area contributed by atoms with Crippen LogP contribution in [0.5, 0.6) is 0 Å². The van der Waals surface area contributed by atoms with E-state index in [-0.39, 0.29) is 0 Å². The molecule has 0 amide bonds. The fourth-order valence-electron chi connectivity index (χ4n) is 6.53. The van der Waals surface area contributed by atoms with Crippen molar-refractivity contribution in [2.24, 2.45) is 5.73 Å². The monoisotopic (exact) mass is 603 g/mol. The number of rotatable bonds is 12. The van der Waals surface area contributed by atoms with Crippen molar-refractivity contribution in [3.05, 3.63) is 166 Å². The molecule has 1 aliphatic carbocycles. The molecular formula is C45H49N. The maximum absolute atomic E-state index is 6.79. The molecule has 0 heterocycles. The minimum Gasteiger partial charge on any atom is -0.398 e. The van der Waals surface area contributed by atoms with Crippen molar-refractivity contribution in [2.75, 3.05) is 0 Å². The molecule has 46 heavy (non-hydrogen) atoms. The van der Waals surface area contributed by atoms with E-state index in [0.717, 1.165) is 56.2 Å². The Kier molecular flexibility index (Phi) is 11.1. The van der Waals surface area contributed by atoms with E-state index in [0.29, 0.717) is 0 Å². The summed E-state index contributed by atoms with van der Waals surface area (Å²) in [5.74, 6) is 0. The molecule has 0 spiro atoms. The minimum atomic E-state index is 0.789. The van der Waals surface area contributed by atoms with Gasteiger partial charge in [-0.2, -0.15) is 0 Å². The van der Waals surface area contributed by atoms with Gasteiger partial charge < -0.3 is 5.73 Å². The predicted octanol–water partition coefficient (Wildman–Crippen LogP) is 12.2. The zero-order valence-electron chi connectivity index (χ0n) is 28.2. The van der Waals surface area contributed by atoms with Gasteiger partial charge in [0.05, 0.1) is 0 Å². The number of nitrogens with two attached hydrogens (primary N) is 1. The Morgan fingerprint density at radius 2 is 1.59 bits per heavy atom. The van der Waals surface area contributed by atoms with Crippen molar-refractivity contribution in [2.45, 2.75) is 72.6 Å². The van der Waals surface area contributed by atoms with Crippen LogP contribution >= 0.6 is 0 Å². The van der Waals surface area contributed by atoms with Crippen molar-refractivity contribution >= 4 is 11.3 Å². The third-order valence-electron chi connectivity index (χ3n) is 9.31. The quantitative estimate of drug-likeness (QED) is 0.171. The minimum absolute atomic E-state index is 0.789. The predicted molar refractivity (Wildman–Crippen MR) is 201 cm³/mol. The third kappa shape index (κ3) is 7.77. The Morgan fingerprint density at radius 1 is 0.783 bits per heavy atom. The lowest BCUT2D eigenvalue weighted by Crippen LogP contribution is -2.00. The first kappa shape index (κ1) is 32.8. The largest absolute Gasteiger partial charge is 0.398 e. The van der Waals surface area contributed by atoms with Crippen molar-refractivity contribution in [3.63, 3.8) is 0 Å². The van der Waals surface area contributed by atoms with E-state index in [9.17, 15) is 0 Å². The molecule has 4 aromatic carbocycles. The van der Waals surface area contributed by atoms with Crippen LogP contribution in [0.2, 0.25) is 0 Å². The lowest BCUT2D eigenvalue weighted by Gasteiger charge is -2.19. The van der Waals surface area contributed by atoms with E-state index in [1.807, 2.05) is 0 Å². The molecule has 0 atom stereocenters. The van der Waals surface area contributed by atoms with Gasteiger partial charge in [-0.25, -0.2) is 0 Å². The fourth-order valence-corrected chi connectivity index (χ4v) is 6.53. The highest BCUT2D eigenvalue weighted by Crippen LogP contribution is 2.39. The van der Waals surface area contributed by atoms with Crippen LogP contribution < -0.4 is 5.73 Å². The molecule has 2 N–H and O–H groups in total. The topological polar surface area (TPSA) is 26.0 Å². The fraction of sp³-hybridized carbons (Fsp3) is 0.244. The van der Waals surface area contributed by atoms with Gasteiger partial charge in [0, 0.05) is 5.70 Å². The first-order valence-electron chi connectivity index (χ1n) is 17.0. The molecular weight excluding hydrogens is 555 g/mol. The van der Waals surface area contributed by atoms with Crippen LogP contribution in [0.15, 0.2) is 139 Å². The van der Waals surface area contributed by atoms with Gasteiger partial charge in [-0.15, -0.1) is 0 Å². The van der Waals surface area contributed by atoms with Crippen LogP contribution in [-0.2, 0) is 12.8 Å². The maximum Gasteiger partial charge on any atom is 0.0387 e. The summed E-state index contributed by atoms with van der Waals surface area (Å²) < 4.78 is 0. The molecule has 0 fully saturated rings. The highest BCUT2D eigenvalue weighted by Gasteiger charge is 2.16. The molecule has 0 aromatic heterocycles. The van der Waals surface area contributed by atoms with E-state index in [2.05, 4.69) is 150 Å². The summed E-state index contributed by atoms with van der Waals surface area (Å²) >= 11 is 0. The van der Waals surface area contributed by atoms with Gasteiger partial charge in [0.2, 0.25) is 0 Å². The smallest absolute Gasteiger partial charge is 0.0387 e. The van der Waals surface area contributed by atoms with Gasteiger partial charge in [0.1, 0.15) is 0 Å². The summed E-state index contributed by atoms with van der Waals surface area (Å²) in [5.41, 5.74) is 24.5. The van der Waals surface area contributed by atoms with E-state index < -0.39 is 0 Å². The van der Waals surface area contributed by atoms with Crippen LogP contribution in [0.25, 0.3) is 33.5 Å². The van der Waals surface area contributed by atoms with E-state index in [4.69, 9.17) is 5.73 Å². The van der Waals surface area contributed by atoms with Crippen LogP contribution in [0.1, 0.15) is 80.7 Å². The van der Waals surface area contributed by atoms with E-state index >= 15 is 0 Å². The number of allylic oxidation sites excluding steroid dienone is 8. The van der Waals surface area contributed by atoms with Crippen molar-refractivity contribution < 1.29 is 0 Å². The lowest BCUT2D eigenvalue weighted by atomic mass is 9.85. The summed E-state index contributed by atoms with van der Waals surface area (Å²) in [4.78, 5) is 0. The molecule has 1 aliphatic rings. The summed E-state index contributed by atoms with van der Waals surface area (Å²) in [6, 6.07) is 33.0. The van der Waals surface area contributed by atoms with Crippen LogP contribution in [0.3, 0.4) is 0 Å². The average Bonchev–Trinajstić information content (AvgIpc) is 3.10. The summed E-state index contributed by atoms with van der Waals surface area (Å²) in [7, 11) is 0. The Labute approximate surface area is 277 Å². The molecule has 1 nitrogen and oxygen atoms in total. The average molecular weight is 604 g/mol. The van der Waals surface area contributed by atoms with Crippen molar-refractivity contribution in [3.8, 4) is 22.3 Å². The zero-order chi connectivity index (χ0) is 32.5. The Balaban J connectivity index is 1.40. The molecule has 0 unspecified atom stereocenters. The van der Waals surface area contributed by atoms with Crippen LogP contribution in [0, 0.1) is 6.92 Å². The SMILES string of the molecule is C=C(CCC1=C(CC)C/C(=C\C=C(/N)c2ccc(C)c(-c3c(CCC)cccc3-c3cccc(CC)c3)c2)C=C1)c1ccccc1. The highest BCUT2D eigenvalue weighted by molar-refractivity contribution is 5.88. The normalized spacial score (nSPS) is 14.3. The van der Waals surface area contributed by atoms with Crippen LogP contribution in [-0.4, -0.2) is 0 Å². The van der Waals surface area contributed by atoms with Crippen molar-refractivity contribution in [1.29, 1.82) is 0 Å². The molecule has 0 radical (unpaired) electrons. The van der Waals surface area contributed by atoms with Crippen molar-refractivity contribution in [1.82, 2.24) is 0 Å². The Bertz CT molecular complexity index is 1810. The van der Waals surface area contributed by atoms with Gasteiger partial charge in [0.25, 0.3) is 0 Å². The summed E-state index contributed by atoms with van der Waals surface area (Å²) in [6.07, 6.45) is 16.0. The zero-order valence-corrected chi connectivity index (χ0v) is 28.2. The standard InChI is InChI=1S/C45H49N/c1-6-14-39-18-13-20-42(40-19-12-15-34(7-2)29-40)45(39)43-31-41(26-22-33(43)5)44(46)28-24-35-23-27-38(36(8-3)30-35)25-21-32(4)37-16-10-9-11-17-37/h9-13,15-20,22-24,26-29,31H,4,6-8,14,21,25,30,46H2,1-3,5H3/b35-24-,44-28-. The van der Waals surface area contributed by atoms with Gasteiger partial charge in [-0.3, -0.25) is 0 Å². The van der Waals surface area contributed by atoms with Gasteiger partial charge in [-0.05, 0) is 124 Å². The Morgan fingerprint density at radius 3 is 2.35 bits per heavy atom. The highest BCUT2D eigenvalue weighted by atomic mass is 14.6. The summed E-state index contributed by atoms with van der Waals surface area (Å²) in [6.45, 7) is 13.3. The number of benzene rings is 4. The van der Waals surface area contributed by atoms with Gasteiger partial charge in [-0.1, -0.05) is 143 Å². The maximum atomic E-state index is 6.79. The van der Waals surface area contributed by atoms with Gasteiger partial charge in [0.15, 0.2) is 0 Å². The molecule has 1 heteroatoms. The van der Waals surface area contributed by atoms with Gasteiger partial charge >= 0.3 is 0 Å². The van der Waals surface area contributed by atoms with E-state index in [1.54, 1.807) is 0 Å². The third-order valence-corrected chi connectivity index (χ3v) is 9.31. The molecule has 0 saturated carbocycles. The first-order chi connectivity index (χ1) is 22.4. The van der Waals surface area contributed by atoms with E-state index in [1.165, 1.54) is 66.8 Å². The molecule has 0 saturated heterocycles. The second-order valence-corrected chi connectivity index (χ2v) is 12.5. The molecule has 4 aromatic rings. The lowest BCUT2D eigenvalue weighted by molar-refractivity contribution is 0.910. The van der Waals surface area contributed by atoms with Crippen LogP contribution in [0.4, 0.5) is 0 Å². The molecule has 0 aliphatic heterocycles. The first-order valence-corrected chi connectivity index (χ1v) is 17.0. The number of hydrogen-bond donors (Lipinski definition) is 1.